The van der Waals surface area contributed by atoms with Crippen molar-refractivity contribution in [3.8, 4) is 5.69 Å². The summed E-state index contributed by atoms with van der Waals surface area (Å²) in [4.78, 5) is 11.1. The Morgan fingerprint density at radius 3 is 2.95 bits per heavy atom. The molecule has 6 heteroatoms. The molecular formula is C13H15BrN4O. The van der Waals surface area contributed by atoms with Gasteiger partial charge in [-0.25, -0.2) is 4.68 Å². The Bertz CT molecular complexity index is 594. The Kier molecular flexibility index (Phi) is 4.34. The zero-order valence-electron chi connectivity index (χ0n) is 10.6. The number of hydrogen-bond donors (Lipinski definition) is 2. The summed E-state index contributed by atoms with van der Waals surface area (Å²) >= 11 is 3.46. The zero-order valence-corrected chi connectivity index (χ0v) is 12.1. The van der Waals surface area contributed by atoms with Gasteiger partial charge in [-0.15, -0.1) is 0 Å². The Morgan fingerprint density at radius 2 is 2.32 bits per heavy atom. The molecule has 0 fully saturated rings. The molecule has 0 aliphatic rings. The monoisotopic (exact) mass is 322 g/mol. The van der Waals surface area contributed by atoms with Crippen LogP contribution in [-0.2, 0) is 6.54 Å². The Hall–Kier alpha value is -1.66. The van der Waals surface area contributed by atoms with Crippen LogP contribution in [0.1, 0.15) is 22.8 Å². The summed E-state index contributed by atoms with van der Waals surface area (Å²) in [6, 6.07) is 5.93. The summed E-state index contributed by atoms with van der Waals surface area (Å²) in [6.45, 7) is 3.67. The highest BCUT2D eigenvalue weighted by atomic mass is 79.9. The van der Waals surface area contributed by atoms with E-state index in [0.717, 1.165) is 28.8 Å². The first kappa shape index (κ1) is 13.8. The molecule has 1 aromatic carbocycles. The van der Waals surface area contributed by atoms with E-state index in [1.807, 2.05) is 18.2 Å². The average molecular weight is 323 g/mol. The summed E-state index contributed by atoms with van der Waals surface area (Å²) in [6.07, 6.45) is 3.11. The molecule has 0 atom stereocenters. The third-order valence-corrected chi connectivity index (χ3v) is 3.21. The third kappa shape index (κ3) is 3.21. The van der Waals surface area contributed by atoms with E-state index in [-0.39, 0.29) is 0 Å². The van der Waals surface area contributed by atoms with Gasteiger partial charge < -0.3 is 11.1 Å². The molecule has 0 saturated carbocycles. The second-order valence-electron chi connectivity index (χ2n) is 4.09. The van der Waals surface area contributed by atoms with E-state index in [2.05, 4.69) is 33.3 Å². The van der Waals surface area contributed by atoms with Gasteiger partial charge in [-0.05, 0) is 30.3 Å². The van der Waals surface area contributed by atoms with Crippen molar-refractivity contribution in [1.29, 1.82) is 0 Å². The molecule has 0 radical (unpaired) electrons. The van der Waals surface area contributed by atoms with E-state index in [9.17, 15) is 4.79 Å². The summed E-state index contributed by atoms with van der Waals surface area (Å²) in [5.41, 5.74) is 7.66. The number of nitrogens with one attached hydrogen (secondary N) is 1. The zero-order chi connectivity index (χ0) is 13.8. The molecule has 1 aromatic heterocycles. The molecule has 0 aliphatic heterocycles. The Balaban J connectivity index is 2.39. The van der Waals surface area contributed by atoms with Crippen molar-refractivity contribution in [2.24, 2.45) is 5.73 Å². The topological polar surface area (TPSA) is 72.9 Å². The molecule has 19 heavy (non-hydrogen) atoms. The minimum Gasteiger partial charge on any atom is -0.366 e. The van der Waals surface area contributed by atoms with Crippen LogP contribution in [0.5, 0.6) is 0 Å². The first-order valence-electron chi connectivity index (χ1n) is 5.95. The number of halogens is 1. The van der Waals surface area contributed by atoms with Crippen LogP contribution in [0.2, 0.25) is 0 Å². The number of benzene rings is 1. The van der Waals surface area contributed by atoms with Crippen LogP contribution >= 0.6 is 15.9 Å². The normalized spacial score (nSPS) is 10.6. The van der Waals surface area contributed by atoms with Crippen molar-refractivity contribution in [3.63, 3.8) is 0 Å². The number of carbonyl (C=O) groups is 1. The fourth-order valence-corrected chi connectivity index (χ4v) is 2.17. The molecule has 1 heterocycles. The maximum Gasteiger partial charge on any atom is 0.251 e. The van der Waals surface area contributed by atoms with Crippen LogP contribution in [0.25, 0.3) is 5.69 Å². The number of nitrogens with zero attached hydrogens (tertiary/aromatic N) is 2. The molecule has 0 unspecified atom stereocenters. The molecular weight excluding hydrogens is 308 g/mol. The summed E-state index contributed by atoms with van der Waals surface area (Å²) in [5, 5.41) is 7.46. The number of carbonyl (C=O) groups excluding carboxylic acids is 1. The van der Waals surface area contributed by atoms with Crippen molar-refractivity contribution in [2.75, 3.05) is 6.54 Å². The number of rotatable bonds is 5. The van der Waals surface area contributed by atoms with Gasteiger partial charge in [0.05, 0.1) is 17.4 Å². The first-order valence-corrected chi connectivity index (χ1v) is 6.75. The second-order valence-corrected chi connectivity index (χ2v) is 5.01. The molecule has 5 nitrogen and oxygen atoms in total. The van der Waals surface area contributed by atoms with Crippen LogP contribution in [0.4, 0.5) is 0 Å². The quantitative estimate of drug-likeness (QED) is 0.882. The number of amides is 1. The van der Waals surface area contributed by atoms with Gasteiger partial charge in [0.15, 0.2) is 0 Å². The number of hydrogen-bond acceptors (Lipinski definition) is 3. The molecule has 3 N–H and O–H groups in total. The van der Waals surface area contributed by atoms with Gasteiger partial charge in [-0.1, -0.05) is 22.9 Å². The average Bonchev–Trinajstić information content (AvgIpc) is 2.86. The van der Waals surface area contributed by atoms with Crippen LogP contribution < -0.4 is 11.1 Å². The van der Waals surface area contributed by atoms with E-state index in [1.54, 1.807) is 10.9 Å². The molecule has 0 bridgehead atoms. The maximum absolute atomic E-state index is 11.1. The standard InChI is InChI=1S/C13H15BrN4O/c1-2-16-6-9-5-11(14)3-4-12(9)18-8-10(7-17-18)13(15)19/h3-5,7-8,16H,2,6H2,1H3,(H2,15,19). The highest BCUT2D eigenvalue weighted by Crippen LogP contribution is 2.20. The van der Waals surface area contributed by atoms with Crippen molar-refractivity contribution in [2.45, 2.75) is 13.5 Å². The lowest BCUT2D eigenvalue weighted by atomic mass is 10.2. The van der Waals surface area contributed by atoms with Crippen molar-refractivity contribution < 1.29 is 4.79 Å². The molecule has 0 spiro atoms. The minimum absolute atomic E-state index is 0.400. The summed E-state index contributed by atoms with van der Waals surface area (Å²) in [5.74, 6) is -0.475. The lowest BCUT2D eigenvalue weighted by Crippen LogP contribution is -2.14. The predicted molar refractivity (Wildman–Crippen MR) is 77.2 cm³/mol. The maximum atomic E-state index is 11.1. The fourth-order valence-electron chi connectivity index (χ4n) is 1.76. The van der Waals surface area contributed by atoms with Crippen LogP contribution in [0.15, 0.2) is 35.1 Å². The van der Waals surface area contributed by atoms with Gasteiger partial charge >= 0.3 is 0 Å². The third-order valence-electron chi connectivity index (χ3n) is 2.72. The van der Waals surface area contributed by atoms with E-state index in [1.165, 1.54) is 6.20 Å². The molecule has 2 rings (SSSR count). The minimum atomic E-state index is -0.475. The smallest absolute Gasteiger partial charge is 0.251 e. The Morgan fingerprint density at radius 1 is 1.53 bits per heavy atom. The number of aromatic nitrogens is 2. The van der Waals surface area contributed by atoms with E-state index in [4.69, 9.17) is 5.73 Å². The van der Waals surface area contributed by atoms with Crippen molar-refractivity contribution in [1.82, 2.24) is 15.1 Å². The largest absolute Gasteiger partial charge is 0.366 e. The van der Waals surface area contributed by atoms with Crippen LogP contribution in [0.3, 0.4) is 0 Å². The molecule has 0 aliphatic carbocycles. The van der Waals surface area contributed by atoms with Gasteiger partial charge in [0.1, 0.15) is 0 Å². The van der Waals surface area contributed by atoms with Gasteiger partial charge in [0.25, 0.3) is 5.91 Å². The lowest BCUT2D eigenvalue weighted by Gasteiger charge is -2.10. The highest BCUT2D eigenvalue weighted by Gasteiger charge is 2.09. The highest BCUT2D eigenvalue weighted by molar-refractivity contribution is 9.10. The molecule has 2 aromatic rings. The summed E-state index contributed by atoms with van der Waals surface area (Å²) in [7, 11) is 0. The van der Waals surface area contributed by atoms with Gasteiger partial charge in [0, 0.05) is 17.2 Å². The van der Waals surface area contributed by atoms with Crippen LogP contribution in [0, 0.1) is 0 Å². The van der Waals surface area contributed by atoms with Gasteiger partial charge in [0.2, 0.25) is 0 Å². The summed E-state index contributed by atoms with van der Waals surface area (Å²) < 4.78 is 2.67. The lowest BCUT2D eigenvalue weighted by molar-refractivity contribution is 0.100. The van der Waals surface area contributed by atoms with Gasteiger partial charge in [-0.3, -0.25) is 4.79 Å². The van der Waals surface area contributed by atoms with Gasteiger partial charge in [-0.2, -0.15) is 5.10 Å². The molecule has 100 valence electrons. The predicted octanol–water partition coefficient (Wildman–Crippen LogP) is 1.84. The van der Waals surface area contributed by atoms with Crippen LogP contribution in [-0.4, -0.2) is 22.2 Å². The first-order chi connectivity index (χ1) is 9.11. The van der Waals surface area contributed by atoms with E-state index in [0.29, 0.717) is 5.56 Å². The van der Waals surface area contributed by atoms with Crippen molar-refractivity contribution in [3.05, 3.63) is 46.2 Å². The fraction of sp³-hybridized carbons (Fsp3) is 0.231. The van der Waals surface area contributed by atoms with E-state index >= 15 is 0 Å². The van der Waals surface area contributed by atoms with E-state index < -0.39 is 5.91 Å². The number of primary amides is 1. The SMILES string of the molecule is CCNCc1cc(Br)ccc1-n1cc(C(N)=O)cn1. The van der Waals surface area contributed by atoms with Crippen molar-refractivity contribution >= 4 is 21.8 Å². The molecule has 1 amide bonds. The number of nitrogens with two attached hydrogens (primary N) is 1. The molecule has 0 saturated heterocycles. The Labute approximate surface area is 119 Å². The second kappa shape index (κ2) is 5.99.